The first-order valence-corrected chi connectivity index (χ1v) is 9.21. The number of aliphatic imine (C=N–C) groups is 1. The topological polar surface area (TPSA) is 142 Å². The summed E-state index contributed by atoms with van der Waals surface area (Å²) in [4.78, 5) is 23.8. The van der Waals surface area contributed by atoms with E-state index < -0.39 is 6.09 Å². The van der Waals surface area contributed by atoms with E-state index in [1.807, 2.05) is 6.07 Å². The van der Waals surface area contributed by atoms with Gasteiger partial charge >= 0.3 is 6.09 Å². The lowest BCUT2D eigenvalue weighted by molar-refractivity contribution is 0.205. The highest BCUT2D eigenvalue weighted by molar-refractivity contribution is 7.17. The molecule has 138 valence electrons. The van der Waals surface area contributed by atoms with Crippen LogP contribution in [0, 0.1) is 0 Å². The summed E-state index contributed by atoms with van der Waals surface area (Å²) < 4.78 is 0. The number of halogens is 1. The summed E-state index contributed by atoms with van der Waals surface area (Å²) in [6.45, 7) is 0. The van der Waals surface area contributed by atoms with Crippen molar-refractivity contribution in [3.63, 3.8) is 0 Å². The molecular weight excluding hydrogens is 390 g/mol. The zero-order valence-corrected chi connectivity index (χ0v) is 15.4. The fraction of sp³-hybridized carbons (Fsp3) is 0.188. The van der Waals surface area contributed by atoms with Crippen LogP contribution < -0.4 is 11.1 Å². The minimum absolute atomic E-state index is 0.0739. The van der Waals surface area contributed by atoms with Gasteiger partial charge in [-0.15, -0.1) is 11.3 Å². The lowest BCUT2D eigenvalue weighted by Crippen LogP contribution is -2.13. The van der Waals surface area contributed by atoms with Crippen molar-refractivity contribution in [2.24, 2.45) is 10.7 Å². The molecule has 3 heterocycles. The smallest absolute Gasteiger partial charge is 0.433 e. The molecule has 9 nitrogen and oxygen atoms in total. The molecule has 3 aromatic rings. The Labute approximate surface area is 162 Å². The SMILES string of the molecule is NC(=NC(=O)O)c1ccc(-c2ncc(Cl)c(Nc3cc(C4CC4)[nH]n3)n2)s1. The first-order chi connectivity index (χ1) is 13.0. The molecule has 0 unspecified atom stereocenters. The normalized spacial score (nSPS) is 14.3. The summed E-state index contributed by atoms with van der Waals surface area (Å²) in [6, 6.07) is 5.36. The summed E-state index contributed by atoms with van der Waals surface area (Å²) in [7, 11) is 0. The maximum absolute atomic E-state index is 10.6. The number of aromatic nitrogens is 4. The fourth-order valence-electron chi connectivity index (χ4n) is 2.45. The van der Waals surface area contributed by atoms with Gasteiger partial charge < -0.3 is 16.2 Å². The quantitative estimate of drug-likeness (QED) is 0.376. The van der Waals surface area contributed by atoms with E-state index in [1.165, 1.54) is 30.4 Å². The van der Waals surface area contributed by atoms with E-state index in [0.717, 1.165) is 5.69 Å². The number of rotatable bonds is 5. The van der Waals surface area contributed by atoms with Gasteiger partial charge in [0.25, 0.3) is 0 Å². The number of aromatic amines is 1. The van der Waals surface area contributed by atoms with Gasteiger partial charge in [-0.1, -0.05) is 11.6 Å². The van der Waals surface area contributed by atoms with Gasteiger partial charge in [0.2, 0.25) is 0 Å². The standard InChI is InChI=1S/C16H14ClN7O2S/c17-8-6-19-15(11-4-3-10(27-11)13(18)21-16(25)26)22-14(8)20-12-5-9(23-24-12)7-1-2-7/h3-7H,1-2H2,(H2,18,21)(H,25,26)(H2,19,20,22,23,24). The number of H-pyrrole nitrogens is 1. The lowest BCUT2D eigenvalue weighted by Gasteiger charge is -2.05. The van der Waals surface area contributed by atoms with Crippen LogP contribution in [0.25, 0.3) is 10.7 Å². The number of nitrogens with zero attached hydrogens (tertiary/aromatic N) is 4. The zero-order chi connectivity index (χ0) is 19.0. The largest absolute Gasteiger partial charge is 0.463 e. The third-order valence-corrected chi connectivity index (χ3v) is 5.28. The van der Waals surface area contributed by atoms with Crippen LogP contribution >= 0.6 is 22.9 Å². The van der Waals surface area contributed by atoms with Crippen LogP contribution in [0.4, 0.5) is 16.4 Å². The number of hydrogen-bond donors (Lipinski definition) is 4. The number of hydrogen-bond acceptors (Lipinski definition) is 6. The highest BCUT2D eigenvalue weighted by Crippen LogP contribution is 2.40. The Bertz CT molecular complexity index is 1040. The van der Waals surface area contributed by atoms with Crippen molar-refractivity contribution >= 4 is 46.5 Å². The van der Waals surface area contributed by atoms with Crippen molar-refractivity contribution in [1.82, 2.24) is 20.2 Å². The minimum Gasteiger partial charge on any atom is -0.463 e. The van der Waals surface area contributed by atoms with Crippen molar-refractivity contribution < 1.29 is 9.90 Å². The van der Waals surface area contributed by atoms with Crippen LogP contribution in [-0.2, 0) is 0 Å². The summed E-state index contributed by atoms with van der Waals surface area (Å²) in [5.74, 6) is 1.98. The Morgan fingerprint density at radius 1 is 1.44 bits per heavy atom. The van der Waals surface area contributed by atoms with E-state index in [-0.39, 0.29) is 5.84 Å². The van der Waals surface area contributed by atoms with Gasteiger partial charge in [-0.25, -0.2) is 14.8 Å². The zero-order valence-electron chi connectivity index (χ0n) is 13.8. The molecule has 0 atom stereocenters. The van der Waals surface area contributed by atoms with Crippen molar-refractivity contribution in [3.8, 4) is 10.7 Å². The van der Waals surface area contributed by atoms with Crippen LogP contribution in [0.15, 0.2) is 29.4 Å². The molecule has 0 radical (unpaired) electrons. The van der Waals surface area contributed by atoms with Crippen LogP contribution in [0.5, 0.6) is 0 Å². The molecule has 1 aliphatic rings. The number of carbonyl (C=O) groups is 1. The first-order valence-electron chi connectivity index (χ1n) is 8.02. The molecule has 1 aliphatic carbocycles. The minimum atomic E-state index is -1.35. The average molecular weight is 404 g/mol. The Morgan fingerprint density at radius 2 is 2.26 bits per heavy atom. The number of amides is 1. The summed E-state index contributed by atoms with van der Waals surface area (Å²) >= 11 is 7.44. The lowest BCUT2D eigenvalue weighted by atomic mass is 10.3. The summed E-state index contributed by atoms with van der Waals surface area (Å²) in [5.41, 5.74) is 6.77. The highest BCUT2D eigenvalue weighted by Gasteiger charge is 2.25. The van der Waals surface area contributed by atoms with E-state index in [9.17, 15) is 4.79 Å². The molecule has 1 saturated carbocycles. The Kier molecular flexibility index (Phi) is 4.50. The monoisotopic (exact) mass is 403 g/mol. The molecule has 0 saturated heterocycles. The van der Waals surface area contributed by atoms with Crippen LogP contribution in [0.1, 0.15) is 29.3 Å². The molecule has 1 amide bonds. The Morgan fingerprint density at radius 3 is 3.00 bits per heavy atom. The number of thiophene rings is 1. The van der Waals surface area contributed by atoms with Crippen LogP contribution in [0.3, 0.4) is 0 Å². The molecule has 0 aliphatic heterocycles. The van der Waals surface area contributed by atoms with Crippen molar-refractivity contribution in [2.75, 3.05) is 5.32 Å². The predicted octanol–water partition coefficient (Wildman–Crippen LogP) is 3.59. The van der Waals surface area contributed by atoms with E-state index in [2.05, 4.69) is 30.5 Å². The van der Waals surface area contributed by atoms with Gasteiger partial charge in [-0.3, -0.25) is 5.10 Å². The molecule has 0 bridgehead atoms. The van der Waals surface area contributed by atoms with Gasteiger partial charge in [0.15, 0.2) is 17.5 Å². The van der Waals surface area contributed by atoms with Crippen molar-refractivity contribution in [3.05, 3.63) is 40.0 Å². The number of nitrogens with one attached hydrogen (secondary N) is 2. The molecule has 11 heteroatoms. The summed E-state index contributed by atoms with van der Waals surface area (Å²) in [6.07, 6.45) is 2.50. The van der Waals surface area contributed by atoms with Gasteiger partial charge in [0.1, 0.15) is 10.9 Å². The summed E-state index contributed by atoms with van der Waals surface area (Å²) in [5, 5.41) is 19.4. The van der Waals surface area contributed by atoms with Gasteiger partial charge in [-0.2, -0.15) is 10.1 Å². The Balaban J connectivity index is 1.58. The second kappa shape index (κ2) is 6.97. The molecule has 0 spiro atoms. The highest BCUT2D eigenvalue weighted by atomic mass is 35.5. The fourth-order valence-corrected chi connectivity index (χ4v) is 3.44. The first kappa shape index (κ1) is 17.4. The van der Waals surface area contributed by atoms with Crippen LogP contribution in [-0.4, -0.2) is 37.2 Å². The number of nitrogens with two attached hydrogens (primary N) is 1. The molecule has 0 aromatic carbocycles. The van der Waals surface area contributed by atoms with Gasteiger partial charge in [0.05, 0.1) is 16.0 Å². The molecule has 1 fully saturated rings. The number of anilines is 2. The van der Waals surface area contributed by atoms with E-state index in [4.69, 9.17) is 22.4 Å². The predicted molar refractivity (Wildman–Crippen MR) is 103 cm³/mol. The molecule has 5 N–H and O–H groups in total. The maximum Gasteiger partial charge on any atom is 0.433 e. The second-order valence-corrected chi connectivity index (χ2v) is 7.43. The maximum atomic E-state index is 10.6. The van der Waals surface area contributed by atoms with Crippen molar-refractivity contribution in [1.29, 1.82) is 0 Å². The molecule has 3 aromatic heterocycles. The van der Waals surface area contributed by atoms with E-state index in [0.29, 0.717) is 38.2 Å². The molecule has 27 heavy (non-hydrogen) atoms. The average Bonchev–Trinajstić information content (AvgIpc) is 3.17. The van der Waals surface area contributed by atoms with Crippen molar-refractivity contribution in [2.45, 2.75) is 18.8 Å². The third kappa shape index (κ3) is 3.91. The van der Waals surface area contributed by atoms with Gasteiger partial charge in [-0.05, 0) is 25.0 Å². The molecule has 4 rings (SSSR count). The second-order valence-electron chi connectivity index (χ2n) is 5.94. The number of carboxylic acid groups (broad SMARTS) is 1. The third-order valence-electron chi connectivity index (χ3n) is 3.90. The van der Waals surface area contributed by atoms with Crippen LogP contribution in [0.2, 0.25) is 5.02 Å². The van der Waals surface area contributed by atoms with E-state index in [1.54, 1.807) is 12.1 Å². The Hall–Kier alpha value is -2.98. The molecular formula is C16H14ClN7O2S. The number of amidine groups is 1. The van der Waals surface area contributed by atoms with Gasteiger partial charge in [0, 0.05) is 17.7 Å². The van der Waals surface area contributed by atoms with E-state index >= 15 is 0 Å².